The van der Waals surface area contributed by atoms with Crippen LogP contribution in [0.2, 0.25) is 0 Å². The van der Waals surface area contributed by atoms with E-state index in [-0.39, 0.29) is 36.8 Å². The highest BCUT2D eigenvalue weighted by Gasteiger charge is 2.19. The maximum Gasteiger partial charge on any atom is 0.222 e. The summed E-state index contributed by atoms with van der Waals surface area (Å²) in [5.41, 5.74) is 10.4. The van der Waals surface area contributed by atoms with E-state index in [0.717, 1.165) is 26.7 Å². The van der Waals surface area contributed by atoms with Crippen LogP contribution in [-0.2, 0) is 4.79 Å². The molecule has 0 spiro atoms. The van der Waals surface area contributed by atoms with Gasteiger partial charge in [0.15, 0.2) is 0 Å². The number of nitrogens with two attached hydrogens (primary N) is 1. The Bertz CT molecular complexity index is 909. The summed E-state index contributed by atoms with van der Waals surface area (Å²) < 4.78 is 0. The van der Waals surface area contributed by atoms with Crippen LogP contribution < -0.4 is 11.1 Å². The van der Waals surface area contributed by atoms with Crippen LogP contribution in [0.3, 0.4) is 0 Å². The van der Waals surface area contributed by atoms with Gasteiger partial charge >= 0.3 is 0 Å². The van der Waals surface area contributed by atoms with E-state index in [2.05, 4.69) is 41.5 Å². The van der Waals surface area contributed by atoms with E-state index in [9.17, 15) is 4.79 Å². The number of rotatable bonds is 6. The highest BCUT2D eigenvalue weighted by atomic mass is 35.5. The van der Waals surface area contributed by atoms with Gasteiger partial charge in [0.1, 0.15) is 5.01 Å². The van der Waals surface area contributed by atoms with Crippen LogP contribution in [0.1, 0.15) is 47.1 Å². The topological polar surface area (TPSA) is 68.0 Å². The minimum absolute atomic E-state index is 0. The molecule has 0 aliphatic heterocycles. The van der Waals surface area contributed by atoms with E-state index in [1.165, 1.54) is 5.56 Å². The summed E-state index contributed by atoms with van der Waals surface area (Å²) in [6.07, 6.45) is 0.261. The Morgan fingerprint density at radius 1 is 1.11 bits per heavy atom. The highest BCUT2D eigenvalue weighted by Crippen LogP contribution is 2.32. The van der Waals surface area contributed by atoms with Gasteiger partial charge in [0.2, 0.25) is 5.91 Å². The fraction of sp³-hybridized carbons (Fsp3) is 0.273. The van der Waals surface area contributed by atoms with Crippen molar-refractivity contribution in [3.8, 4) is 10.6 Å². The van der Waals surface area contributed by atoms with Gasteiger partial charge in [-0.2, -0.15) is 0 Å². The van der Waals surface area contributed by atoms with Crippen LogP contribution in [0.15, 0.2) is 54.6 Å². The Hall–Kier alpha value is -2.21. The van der Waals surface area contributed by atoms with E-state index in [1.807, 2.05) is 44.2 Å². The zero-order valence-electron chi connectivity index (χ0n) is 16.3. The van der Waals surface area contributed by atoms with Crippen molar-refractivity contribution in [3.63, 3.8) is 0 Å². The molecule has 0 fully saturated rings. The Morgan fingerprint density at radius 3 is 2.39 bits per heavy atom. The first-order valence-corrected chi connectivity index (χ1v) is 9.90. The molecule has 3 aromatic rings. The van der Waals surface area contributed by atoms with Gasteiger partial charge in [0.05, 0.1) is 16.6 Å². The van der Waals surface area contributed by atoms with Crippen molar-refractivity contribution >= 4 is 29.7 Å². The van der Waals surface area contributed by atoms with Crippen molar-refractivity contribution < 1.29 is 4.79 Å². The smallest absolute Gasteiger partial charge is 0.222 e. The molecule has 148 valence electrons. The number of hydrogen-bond donors (Lipinski definition) is 2. The maximum absolute atomic E-state index is 12.4. The van der Waals surface area contributed by atoms with Crippen LogP contribution in [0.5, 0.6) is 0 Å². The van der Waals surface area contributed by atoms with Crippen LogP contribution in [0.4, 0.5) is 0 Å². The first-order chi connectivity index (χ1) is 12.9. The summed E-state index contributed by atoms with van der Waals surface area (Å²) in [4.78, 5) is 18.2. The molecule has 3 rings (SSSR count). The zero-order chi connectivity index (χ0) is 19.4. The second-order valence-electron chi connectivity index (χ2n) is 6.85. The quantitative estimate of drug-likeness (QED) is 0.587. The number of aromatic nitrogens is 1. The van der Waals surface area contributed by atoms with E-state index in [0.29, 0.717) is 0 Å². The third kappa shape index (κ3) is 5.41. The fourth-order valence-electron chi connectivity index (χ4n) is 3.01. The number of nitrogens with zero attached hydrogens (tertiary/aromatic N) is 1. The molecule has 0 saturated heterocycles. The lowest BCUT2D eigenvalue weighted by atomic mass is 10.0. The lowest BCUT2D eigenvalue weighted by Gasteiger charge is -2.16. The van der Waals surface area contributed by atoms with E-state index in [1.54, 1.807) is 11.3 Å². The number of amides is 1. The third-order valence-electron chi connectivity index (χ3n) is 4.53. The molecule has 0 radical (unpaired) electrons. The van der Waals surface area contributed by atoms with Crippen molar-refractivity contribution in [2.24, 2.45) is 5.73 Å². The molecule has 0 aliphatic carbocycles. The van der Waals surface area contributed by atoms with Crippen molar-refractivity contribution in [3.05, 3.63) is 76.3 Å². The zero-order valence-corrected chi connectivity index (χ0v) is 17.9. The summed E-state index contributed by atoms with van der Waals surface area (Å²) in [5, 5.41) is 4.04. The standard InChI is InChI=1S/C22H25N3OS.ClH/c1-14-9-11-18(12-10-14)22-25-16(3)21(27-22)15(2)24-20(26)13-19(23)17-7-5-4-6-8-17;/h4-12,15,19H,13,23H2,1-3H3,(H,24,26);1H. The summed E-state index contributed by atoms with van der Waals surface area (Å²) in [6, 6.07) is 17.6. The highest BCUT2D eigenvalue weighted by molar-refractivity contribution is 7.15. The maximum atomic E-state index is 12.4. The number of halogens is 1. The third-order valence-corrected chi connectivity index (χ3v) is 5.92. The Balaban J connectivity index is 0.00000280. The number of hydrogen-bond acceptors (Lipinski definition) is 4. The fourth-order valence-corrected chi connectivity index (χ4v) is 4.09. The Morgan fingerprint density at radius 2 is 1.75 bits per heavy atom. The second kappa shape index (κ2) is 9.82. The number of nitrogens with one attached hydrogen (secondary N) is 1. The Kier molecular flexibility index (Phi) is 7.75. The molecule has 1 amide bonds. The molecule has 1 heterocycles. The average molecular weight is 416 g/mol. The second-order valence-corrected chi connectivity index (χ2v) is 7.88. The normalized spacial score (nSPS) is 12.7. The molecule has 2 aromatic carbocycles. The summed E-state index contributed by atoms with van der Waals surface area (Å²) in [7, 11) is 0. The minimum atomic E-state index is -0.302. The number of thiazole rings is 1. The van der Waals surface area contributed by atoms with Crippen LogP contribution in [0.25, 0.3) is 10.6 Å². The van der Waals surface area contributed by atoms with Crippen molar-refractivity contribution in [2.45, 2.75) is 39.3 Å². The van der Waals surface area contributed by atoms with Gasteiger partial charge in [-0.25, -0.2) is 4.98 Å². The molecular formula is C22H26ClN3OS. The molecule has 0 aliphatic rings. The molecule has 0 bridgehead atoms. The lowest BCUT2D eigenvalue weighted by molar-refractivity contribution is -0.122. The van der Waals surface area contributed by atoms with Crippen LogP contribution >= 0.6 is 23.7 Å². The molecule has 6 heteroatoms. The van der Waals surface area contributed by atoms with Gasteiger partial charge in [-0.05, 0) is 26.3 Å². The van der Waals surface area contributed by atoms with Gasteiger partial charge < -0.3 is 11.1 Å². The first-order valence-electron chi connectivity index (χ1n) is 9.08. The Labute approximate surface area is 176 Å². The van der Waals surface area contributed by atoms with E-state index >= 15 is 0 Å². The molecule has 2 unspecified atom stereocenters. The molecule has 1 aromatic heterocycles. The first kappa shape index (κ1) is 22.1. The largest absolute Gasteiger partial charge is 0.349 e. The van der Waals surface area contributed by atoms with Crippen LogP contribution in [0, 0.1) is 13.8 Å². The van der Waals surface area contributed by atoms with Crippen molar-refractivity contribution in [2.75, 3.05) is 0 Å². The monoisotopic (exact) mass is 415 g/mol. The number of benzene rings is 2. The van der Waals surface area contributed by atoms with Crippen LogP contribution in [-0.4, -0.2) is 10.9 Å². The SMILES string of the molecule is Cc1ccc(-c2nc(C)c(C(C)NC(=O)CC(N)c3ccccc3)s2)cc1.Cl. The number of aryl methyl sites for hydroxylation is 2. The summed E-state index contributed by atoms with van der Waals surface area (Å²) >= 11 is 1.63. The van der Waals surface area contributed by atoms with Gasteiger partial charge in [-0.3, -0.25) is 4.79 Å². The average Bonchev–Trinajstić information content (AvgIpc) is 3.04. The van der Waals surface area contributed by atoms with E-state index in [4.69, 9.17) is 5.73 Å². The molecular weight excluding hydrogens is 390 g/mol. The molecule has 0 saturated carbocycles. The van der Waals surface area contributed by atoms with Gasteiger partial charge in [-0.1, -0.05) is 60.2 Å². The van der Waals surface area contributed by atoms with E-state index < -0.39 is 0 Å². The molecule has 2 atom stereocenters. The minimum Gasteiger partial charge on any atom is -0.349 e. The molecule has 3 N–H and O–H groups in total. The van der Waals surface area contributed by atoms with Crippen molar-refractivity contribution in [1.29, 1.82) is 0 Å². The molecule has 4 nitrogen and oxygen atoms in total. The number of carbonyl (C=O) groups excluding carboxylic acids is 1. The number of carbonyl (C=O) groups is 1. The van der Waals surface area contributed by atoms with Gasteiger partial charge in [-0.15, -0.1) is 23.7 Å². The predicted molar refractivity (Wildman–Crippen MR) is 119 cm³/mol. The predicted octanol–water partition coefficient (Wildman–Crippen LogP) is 5.12. The molecule has 28 heavy (non-hydrogen) atoms. The van der Waals surface area contributed by atoms with Crippen molar-refractivity contribution in [1.82, 2.24) is 10.3 Å². The summed E-state index contributed by atoms with van der Waals surface area (Å²) in [5.74, 6) is -0.0523. The lowest BCUT2D eigenvalue weighted by Crippen LogP contribution is -2.29. The van der Waals surface area contributed by atoms with Gasteiger partial charge in [0, 0.05) is 18.0 Å². The van der Waals surface area contributed by atoms with Gasteiger partial charge in [0.25, 0.3) is 0 Å². The summed E-state index contributed by atoms with van der Waals surface area (Å²) in [6.45, 7) is 6.05.